The minimum absolute atomic E-state index is 0.121. The van der Waals surface area contributed by atoms with E-state index in [1.807, 2.05) is 0 Å². The van der Waals surface area contributed by atoms with Gasteiger partial charge in [-0.3, -0.25) is 4.79 Å². The van der Waals surface area contributed by atoms with Crippen LogP contribution < -0.4 is 0 Å². The highest BCUT2D eigenvalue weighted by Gasteiger charge is 2.44. The second-order valence-electron chi connectivity index (χ2n) is 13.0. The fourth-order valence-electron chi connectivity index (χ4n) is 5.36. The SMILES string of the molecule is CC/C=C\C/C=C\C/C=C\CCCCCCOCC(COC1OC(CO)C(O)C(O)C1O)OC(=O)CCCCCCC/C=C\C/C=C\CCC. The molecule has 6 unspecified atom stereocenters. The van der Waals surface area contributed by atoms with Gasteiger partial charge in [-0.2, -0.15) is 0 Å². The molecule has 9 heteroatoms. The minimum atomic E-state index is -1.54. The van der Waals surface area contributed by atoms with Gasteiger partial charge in [0, 0.05) is 13.0 Å². The monoisotopic (exact) mass is 707 g/mol. The molecule has 0 radical (unpaired) electrons. The number of aliphatic hydroxyl groups is 4. The first-order valence-electron chi connectivity index (χ1n) is 19.4. The lowest BCUT2D eigenvalue weighted by Crippen LogP contribution is -2.59. The molecule has 4 N–H and O–H groups in total. The van der Waals surface area contributed by atoms with E-state index >= 15 is 0 Å². The molecule has 1 saturated heterocycles. The van der Waals surface area contributed by atoms with Gasteiger partial charge in [0.1, 0.15) is 30.5 Å². The summed E-state index contributed by atoms with van der Waals surface area (Å²) >= 11 is 0. The predicted octanol–water partition coefficient (Wildman–Crippen LogP) is 7.57. The Labute approximate surface area is 303 Å². The van der Waals surface area contributed by atoms with Crippen molar-refractivity contribution in [1.82, 2.24) is 0 Å². The maximum absolute atomic E-state index is 12.7. The van der Waals surface area contributed by atoms with Gasteiger partial charge >= 0.3 is 5.97 Å². The van der Waals surface area contributed by atoms with Crippen LogP contribution in [-0.2, 0) is 23.7 Å². The third kappa shape index (κ3) is 24.1. The summed E-state index contributed by atoms with van der Waals surface area (Å²) in [6.07, 6.45) is 32.4. The number of esters is 1. The molecule has 6 atom stereocenters. The highest BCUT2D eigenvalue weighted by atomic mass is 16.7. The highest BCUT2D eigenvalue weighted by Crippen LogP contribution is 2.22. The number of aliphatic hydroxyl groups excluding tert-OH is 4. The molecule has 0 saturated carbocycles. The summed E-state index contributed by atoms with van der Waals surface area (Å²) in [6.45, 7) is 4.28. The number of hydrogen-bond acceptors (Lipinski definition) is 9. The summed E-state index contributed by atoms with van der Waals surface area (Å²) in [4.78, 5) is 12.7. The van der Waals surface area contributed by atoms with Gasteiger partial charge in [-0.15, -0.1) is 0 Å². The Kier molecular flexibility index (Phi) is 30.1. The molecule has 1 fully saturated rings. The first-order chi connectivity index (χ1) is 24.4. The van der Waals surface area contributed by atoms with Crippen LogP contribution in [0.3, 0.4) is 0 Å². The molecule has 1 aliphatic rings. The van der Waals surface area contributed by atoms with Crippen LogP contribution in [0.4, 0.5) is 0 Å². The van der Waals surface area contributed by atoms with Gasteiger partial charge in [0.15, 0.2) is 6.29 Å². The van der Waals surface area contributed by atoms with E-state index in [-0.39, 0.29) is 19.2 Å². The second-order valence-corrected chi connectivity index (χ2v) is 13.0. The Balaban J connectivity index is 2.36. The summed E-state index contributed by atoms with van der Waals surface area (Å²) in [5, 5.41) is 39.9. The van der Waals surface area contributed by atoms with Crippen LogP contribution >= 0.6 is 0 Å². The predicted molar refractivity (Wildman–Crippen MR) is 201 cm³/mol. The summed E-state index contributed by atoms with van der Waals surface area (Å²) in [6, 6.07) is 0. The van der Waals surface area contributed by atoms with Crippen molar-refractivity contribution in [2.24, 2.45) is 0 Å². The van der Waals surface area contributed by atoms with Crippen LogP contribution in [0.1, 0.15) is 129 Å². The average Bonchev–Trinajstić information content (AvgIpc) is 3.11. The van der Waals surface area contributed by atoms with Crippen LogP contribution in [0.25, 0.3) is 0 Å². The van der Waals surface area contributed by atoms with Crippen molar-refractivity contribution in [1.29, 1.82) is 0 Å². The molecule has 1 rings (SSSR count). The Morgan fingerprint density at radius 3 is 1.84 bits per heavy atom. The average molecular weight is 707 g/mol. The second kappa shape index (κ2) is 32.8. The molecule has 0 aliphatic carbocycles. The standard InChI is InChI=1S/C41H70O9/c1-3-5-7-9-11-13-15-17-19-21-23-25-27-29-31-47-33-35(34-48-41-40(46)39(45)38(44)36(32-42)50-41)49-37(43)30-28-26-24-22-20-18-16-14-12-10-8-6-4-2/h5,7-8,10-11,13-14,16-17,19,35-36,38-42,44-46H,3-4,6,9,12,15,18,20-34H2,1-2H3/b7-5-,10-8-,13-11-,16-14-,19-17-. The molecule has 0 aromatic rings. The fourth-order valence-corrected chi connectivity index (χ4v) is 5.36. The highest BCUT2D eigenvalue weighted by molar-refractivity contribution is 5.69. The molecule has 0 aromatic carbocycles. The smallest absolute Gasteiger partial charge is 0.306 e. The van der Waals surface area contributed by atoms with E-state index < -0.39 is 43.4 Å². The van der Waals surface area contributed by atoms with Crippen molar-refractivity contribution in [3.8, 4) is 0 Å². The molecule has 0 spiro atoms. The summed E-state index contributed by atoms with van der Waals surface area (Å²) in [5.41, 5.74) is 0. The maximum Gasteiger partial charge on any atom is 0.306 e. The van der Waals surface area contributed by atoms with E-state index in [2.05, 4.69) is 74.6 Å². The molecular formula is C41H70O9. The Morgan fingerprint density at radius 2 is 1.22 bits per heavy atom. The van der Waals surface area contributed by atoms with Crippen molar-refractivity contribution in [2.75, 3.05) is 26.4 Å². The first kappa shape index (κ1) is 45.9. The van der Waals surface area contributed by atoms with Gasteiger partial charge in [0.05, 0.1) is 19.8 Å². The van der Waals surface area contributed by atoms with E-state index in [0.29, 0.717) is 13.0 Å². The topological polar surface area (TPSA) is 135 Å². The van der Waals surface area contributed by atoms with Crippen LogP contribution in [0.15, 0.2) is 60.8 Å². The Hall–Kier alpha value is -2.11. The van der Waals surface area contributed by atoms with Crippen molar-refractivity contribution < 1.29 is 44.2 Å². The number of hydrogen-bond donors (Lipinski definition) is 4. The lowest BCUT2D eigenvalue weighted by Gasteiger charge is -2.39. The fraction of sp³-hybridized carbons (Fsp3) is 0.732. The van der Waals surface area contributed by atoms with Gasteiger partial charge in [0.25, 0.3) is 0 Å². The lowest BCUT2D eigenvalue weighted by atomic mass is 9.99. The molecule has 50 heavy (non-hydrogen) atoms. The van der Waals surface area contributed by atoms with E-state index in [0.717, 1.165) is 103 Å². The molecule has 0 bridgehead atoms. The van der Waals surface area contributed by atoms with Crippen LogP contribution in [0.2, 0.25) is 0 Å². The van der Waals surface area contributed by atoms with E-state index in [1.54, 1.807) is 0 Å². The van der Waals surface area contributed by atoms with Gasteiger partial charge in [-0.05, 0) is 70.6 Å². The Morgan fingerprint density at radius 1 is 0.660 bits per heavy atom. The minimum Gasteiger partial charge on any atom is -0.457 e. The van der Waals surface area contributed by atoms with Gasteiger partial charge in [0.2, 0.25) is 0 Å². The van der Waals surface area contributed by atoms with Gasteiger partial charge in [-0.1, -0.05) is 113 Å². The molecule has 0 aromatic heterocycles. The largest absolute Gasteiger partial charge is 0.457 e. The molecular weight excluding hydrogens is 636 g/mol. The van der Waals surface area contributed by atoms with Crippen LogP contribution in [0, 0.1) is 0 Å². The van der Waals surface area contributed by atoms with Crippen molar-refractivity contribution in [3.05, 3.63) is 60.8 Å². The zero-order chi connectivity index (χ0) is 36.5. The van der Waals surface area contributed by atoms with Crippen LogP contribution in [0.5, 0.6) is 0 Å². The van der Waals surface area contributed by atoms with Gasteiger partial charge < -0.3 is 39.4 Å². The van der Waals surface area contributed by atoms with E-state index in [9.17, 15) is 25.2 Å². The van der Waals surface area contributed by atoms with E-state index in [1.165, 1.54) is 6.42 Å². The number of rotatable bonds is 31. The quantitative estimate of drug-likeness (QED) is 0.0327. The lowest BCUT2D eigenvalue weighted by molar-refractivity contribution is -0.305. The van der Waals surface area contributed by atoms with Crippen molar-refractivity contribution in [3.63, 3.8) is 0 Å². The third-order valence-electron chi connectivity index (χ3n) is 8.40. The number of carbonyl (C=O) groups is 1. The molecule has 1 heterocycles. The van der Waals surface area contributed by atoms with E-state index in [4.69, 9.17) is 18.9 Å². The zero-order valence-electron chi connectivity index (χ0n) is 31.1. The number of carbonyl (C=O) groups excluding carboxylic acids is 1. The number of allylic oxidation sites excluding steroid dienone is 10. The Bertz CT molecular complexity index is 942. The molecule has 1 aliphatic heterocycles. The van der Waals surface area contributed by atoms with Crippen LogP contribution in [-0.4, -0.2) is 89.6 Å². The van der Waals surface area contributed by atoms with Crippen molar-refractivity contribution in [2.45, 2.75) is 166 Å². The summed E-state index contributed by atoms with van der Waals surface area (Å²) in [5.74, 6) is -0.341. The third-order valence-corrected chi connectivity index (χ3v) is 8.40. The number of ether oxygens (including phenoxy) is 4. The first-order valence-corrected chi connectivity index (χ1v) is 19.4. The van der Waals surface area contributed by atoms with Crippen molar-refractivity contribution >= 4 is 5.97 Å². The number of unbranched alkanes of at least 4 members (excludes halogenated alkanes) is 10. The zero-order valence-corrected chi connectivity index (χ0v) is 31.1. The summed E-state index contributed by atoms with van der Waals surface area (Å²) < 4.78 is 22.7. The summed E-state index contributed by atoms with van der Waals surface area (Å²) in [7, 11) is 0. The molecule has 288 valence electrons. The molecule has 9 nitrogen and oxygen atoms in total. The normalized spacial score (nSPS) is 22.2. The maximum atomic E-state index is 12.7. The molecule has 0 amide bonds. The van der Waals surface area contributed by atoms with Gasteiger partial charge in [-0.25, -0.2) is 0 Å².